The SMILES string of the molecule is O=C(CNC(=O)Cc1cccc2ccccc12)NCc1cc2ccccc2o1. The van der Waals surface area contributed by atoms with Crippen LogP contribution in [0.25, 0.3) is 21.7 Å². The Labute approximate surface area is 162 Å². The lowest BCUT2D eigenvalue weighted by Gasteiger charge is -2.08. The number of rotatable bonds is 6. The van der Waals surface area contributed by atoms with E-state index in [-0.39, 0.29) is 31.3 Å². The lowest BCUT2D eigenvalue weighted by molar-refractivity contribution is -0.125. The van der Waals surface area contributed by atoms with Gasteiger partial charge in [-0.1, -0.05) is 60.7 Å². The van der Waals surface area contributed by atoms with Crippen LogP contribution in [0, 0.1) is 0 Å². The zero-order valence-corrected chi connectivity index (χ0v) is 15.3. The minimum absolute atomic E-state index is 0.0656. The Morgan fingerprint density at radius 2 is 1.54 bits per heavy atom. The van der Waals surface area contributed by atoms with E-state index < -0.39 is 0 Å². The molecule has 1 heterocycles. The fourth-order valence-corrected chi connectivity index (χ4v) is 3.23. The van der Waals surface area contributed by atoms with Gasteiger partial charge in [-0.05, 0) is 28.5 Å². The molecule has 0 saturated carbocycles. The van der Waals surface area contributed by atoms with Gasteiger partial charge in [0, 0.05) is 5.39 Å². The topological polar surface area (TPSA) is 71.3 Å². The largest absolute Gasteiger partial charge is 0.459 e. The number of amides is 2. The first-order chi connectivity index (χ1) is 13.7. The van der Waals surface area contributed by atoms with Gasteiger partial charge < -0.3 is 15.1 Å². The van der Waals surface area contributed by atoms with E-state index in [9.17, 15) is 9.59 Å². The molecule has 0 aliphatic carbocycles. The van der Waals surface area contributed by atoms with E-state index in [1.54, 1.807) is 0 Å². The van der Waals surface area contributed by atoms with Crippen LogP contribution in [0.5, 0.6) is 0 Å². The molecular weight excluding hydrogens is 352 g/mol. The van der Waals surface area contributed by atoms with Crippen molar-refractivity contribution < 1.29 is 14.0 Å². The third-order valence-corrected chi connectivity index (χ3v) is 4.61. The van der Waals surface area contributed by atoms with Crippen molar-refractivity contribution in [3.63, 3.8) is 0 Å². The molecule has 4 rings (SSSR count). The van der Waals surface area contributed by atoms with Crippen molar-refractivity contribution in [3.8, 4) is 0 Å². The normalized spacial score (nSPS) is 10.9. The number of carbonyl (C=O) groups excluding carboxylic acids is 2. The highest BCUT2D eigenvalue weighted by atomic mass is 16.3. The van der Waals surface area contributed by atoms with Crippen LogP contribution in [-0.4, -0.2) is 18.4 Å². The maximum absolute atomic E-state index is 12.2. The molecule has 2 amide bonds. The average Bonchev–Trinajstić information content (AvgIpc) is 3.14. The Morgan fingerprint density at radius 3 is 2.39 bits per heavy atom. The molecule has 0 aliphatic heterocycles. The van der Waals surface area contributed by atoms with Crippen molar-refractivity contribution in [2.24, 2.45) is 0 Å². The second kappa shape index (κ2) is 7.96. The molecule has 140 valence electrons. The van der Waals surface area contributed by atoms with Gasteiger partial charge in [-0.15, -0.1) is 0 Å². The van der Waals surface area contributed by atoms with E-state index in [0.717, 1.165) is 27.3 Å². The van der Waals surface area contributed by atoms with Crippen LogP contribution >= 0.6 is 0 Å². The van der Waals surface area contributed by atoms with Gasteiger partial charge in [0.05, 0.1) is 19.5 Å². The number of para-hydroxylation sites is 1. The molecular formula is C23H20N2O3. The van der Waals surface area contributed by atoms with Gasteiger partial charge in [0.2, 0.25) is 11.8 Å². The lowest BCUT2D eigenvalue weighted by atomic mass is 10.0. The Morgan fingerprint density at radius 1 is 0.786 bits per heavy atom. The molecule has 28 heavy (non-hydrogen) atoms. The molecule has 0 spiro atoms. The van der Waals surface area contributed by atoms with Gasteiger partial charge in [0.15, 0.2) is 0 Å². The van der Waals surface area contributed by atoms with Crippen molar-refractivity contribution >= 4 is 33.6 Å². The minimum atomic E-state index is -0.258. The standard InChI is InChI=1S/C23H20N2O3/c26-22(13-17-9-5-8-16-6-1-3-10-20(16)17)25-15-23(27)24-14-19-12-18-7-2-4-11-21(18)28-19/h1-12H,13-15H2,(H,24,27)(H,25,26). The number of hydrogen-bond acceptors (Lipinski definition) is 3. The molecule has 3 aromatic carbocycles. The van der Waals surface area contributed by atoms with Crippen molar-refractivity contribution in [3.05, 3.63) is 84.1 Å². The summed E-state index contributed by atoms with van der Waals surface area (Å²) in [6, 6.07) is 23.4. The van der Waals surface area contributed by atoms with Gasteiger partial charge in [0.1, 0.15) is 11.3 Å². The van der Waals surface area contributed by atoms with Crippen LogP contribution in [0.2, 0.25) is 0 Å². The second-order valence-corrected chi connectivity index (χ2v) is 6.62. The first-order valence-electron chi connectivity index (χ1n) is 9.16. The van der Waals surface area contributed by atoms with E-state index in [1.165, 1.54) is 0 Å². The first kappa shape index (κ1) is 17.8. The third-order valence-electron chi connectivity index (χ3n) is 4.61. The van der Waals surface area contributed by atoms with E-state index in [0.29, 0.717) is 5.76 Å². The summed E-state index contributed by atoms with van der Waals surface area (Å²) >= 11 is 0. The summed E-state index contributed by atoms with van der Waals surface area (Å²) in [5, 5.41) is 8.58. The molecule has 0 aliphatic rings. The van der Waals surface area contributed by atoms with Crippen LogP contribution in [0.1, 0.15) is 11.3 Å². The number of furan rings is 1. The number of fused-ring (bicyclic) bond motifs is 2. The van der Waals surface area contributed by atoms with Gasteiger partial charge in [-0.2, -0.15) is 0 Å². The van der Waals surface area contributed by atoms with E-state index in [1.807, 2.05) is 72.8 Å². The van der Waals surface area contributed by atoms with Gasteiger partial charge in [-0.25, -0.2) is 0 Å². The van der Waals surface area contributed by atoms with E-state index in [2.05, 4.69) is 10.6 Å². The minimum Gasteiger partial charge on any atom is -0.459 e. The molecule has 0 fully saturated rings. The van der Waals surface area contributed by atoms with Crippen LogP contribution in [0.3, 0.4) is 0 Å². The summed E-state index contributed by atoms with van der Waals surface area (Å²) in [6.07, 6.45) is 0.234. The van der Waals surface area contributed by atoms with E-state index in [4.69, 9.17) is 4.42 Å². The summed E-state index contributed by atoms with van der Waals surface area (Å²) in [6.45, 7) is 0.219. The Balaban J connectivity index is 1.28. The Kier molecular flexibility index (Phi) is 5.06. The molecule has 0 saturated heterocycles. The summed E-state index contributed by atoms with van der Waals surface area (Å²) in [5.41, 5.74) is 1.73. The summed E-state index contributed by atoms with van der Waals surface area (Å²) in [4.78, 5) is 24.3. The number of carbonyl (C=O) groups is 2. The molecule has 0 radical (unpaired) electrons. The average molecular weight is 372 g/mol. The van der Waals surface area contributed by atoms with Crippen LogP contribution in [0.15, 0.2) is 77.2 Å². The quantitative estimate of drug-likeness (QED) is 0.544. The molecule has 5 nitrogen and oxygen atoms in total. The van der Waals surface area contributed by atoms with Crippen LogP contribution in [0.4, 0.5) is 0 Å². The van der Waals surface area contributed by atoms with Crippen molar-refractivity contribution in [1.29, 1.82) is 0 Å². The molecule has 2 N–H and O–H groups in total. The lowest BCUT2D eigenvalue weighted by Crippen LogP contribution is -2.37. The fourth-order valence-electron chi connectivity index (χ4n) is 3.23. The molecule has 1 aromatic heterocycles. The predicted molar refractivity (Wildman–Crippen MR) is 109 cm³/mol. The Bertz CT molecular complexity index is 1110. The molecule has 4 aromatic rings. The summed E-state index contributed by atoms with van der Waals surface area (Å²) in [7, 11) is 0. The zero-order chi connectivity index (χ0) is 19.3. The fraction of sp³-hybridized carbons (Fsp3) is 0.130. The summed E-state index contributed by atoms with van der Waals surface area (Å²) < 4.78 is 5.66. The predicted octanol–water partition coefficient (Wildman–Crippen LogP) is 3.56. The highest BCUT2D eigenvalue weighted by Gasteiger charge is 2.10. The Hall–Kier alpha value is -3.60. The van der Waals surface area contributed by atoms with Gasteiger partial charge in [-0.3, -0.25) is 9.59 Å². The first-order valence-corrected chi connectivity index (χ1v) is 9.16. The van der Waals surface area contributed by atoms with Crippen LogP contribution in [-0.2, 0) is 22.6 Å². The third kappa shape index (κ3) is 4.04. The molecule has 0 unspecified atom stereocenters. The van der Waals surface area contributed by atoms with E-state index >= 15 is 0 Å². The monoisotopic (exact) mass is 372 g/mol. The number of benzene rings is 3. The zero-order valence-electron chi connectivity index (χ0n) is 15.3. The number of hydrogen-bond donors (Lipinski definition) is 2. The van der Waals surface area contributed by atoms with Crippen molar-refractivity contribution in [1.82, 2.24) is 10.6 Å². The van der Waals surface area contributed by atoms with Gasteiger partial charge >= 0.3 is 0 Å². The van der Waals surface area contributed by atoms with Crippen molar-refractivity contribution in [2.75, 3.05) is 6.54 Å². The molecule has 0 bridgehead atoms. The maximum atomic E-state index is 12.2. The molecule has 5 heteroatoms. The number of nitrogens with one attached hydrogen (secondary N) is 2. The highest BCUT2D eigenvalue weighted by Crippen LogP contribution is 2.19. The van der Waals surface area contributed by atoms with Crippen molar-refractivity contribution in [2.45, 2.75) is 13.0 Å². The van der Waals surface area contributed by atoms with Crippen LogP contribution < -0.4 is 10.6 Å². The summed E-state index contributed by atoms with van der Waals surface area (Å²) in [5.74, 6) is 0.235. The molecule has 0 atom stereocenters. The smallest absolute Gasteiger partial charge is 0.239 e. The highest BCUT2D eigenvalue weighted by molar-refractivity contribution is 5.91. The van der Waals surface area contributed by atoms with Gasteiger partial charge in [0.25, 0.3) is 0 Å². The maximum Gasteiger partial charge on any atom is 0.239 e. The second-order valence-electron chi connectivity index (χ2n) is 6.62.